The van der Waals surface area contributed by atoms with Crippen molar-refractivity contribution in [1.29, 1.82) is 0 Å². The van der Waals surface area contributed by atoms with Gasteiger partial charge in [-0.15, -0.1) is 4.90 Å². The summed E-state index contributed by atoms with van der Waals surface area (Å²) in [6.45, 7) is 10.2. The highest BCUT2D eigenvalue weighted by atomic mass is 16.6. The zero-order valence-corrected chi connectivity index (χ0v) is 23.8. The number of hydrogen-bond donors (Lipinski definition) is 1. The van der Waals surface area contributed by atoms with E-state index in [0.29, 0.717) is 38.2 Å². The van der Waals surface area contributed by atoms with E-state index in [1.54, 1.807) is 53.7 Å². The largest absolute Gasteiger partial charge is 0.477 e. The van der Waals surface area contributed by atoms with Gasteiger partial charge in [0, 0.05) is 34.9 Å². The van der Waals surface area contributed by atoms with Crippen LogP contribution in [0.4, 0.5) is 15.5 Å². The molecule has 2 aliphatic rings. The molecule has 5 rings (SSSR count). The standard InChI is InChI=1S/C29H32N4O8/c1-28(2,3)40-26(37)33(27(38)41-29(4,5)6)25-30-11-18-16-9-10-17-22(20(16)13-39-14-21(18)31-25)32(15-7-8-15)12-19(23(17)34)24(35)36/h9-12,15H,7-8,13-14H2,1-6H3,(H,35,36). The van der Waals surface area contributed by atoms with Gasteiger partial charge in [0.15, 0.2) is 0 Å². The van der Waals surface area contributed by atoms with Crippen LogP contribution in [-0.2, 0) is 27.4 Å². The third-order valence-corrected chi connectivity index (χ3v) is 6.45. The number of carboxylic acid groups (broad SMARTS) is 1. The molecule has 12 nitrogen and oxygen atoms in total. The molecule has 2 aromatic heterocycles. The molecule has 0 spiro atoms. The number of rotatable bonds is 3. The normalized spacial score (nSPS) is 15.0. The Bertz CT molecular complexity index is 1620. The van der Waals surface area contributed by atoms with Crippen molar-refractivity contribution >= 4 is 35.0 Å². The second kappa shape index (κ2) is 9.95. The number of carbonyl (C=O) groups excluding carboxylic acids is 2. The lowest BCUT2D eigenvalue weighted by molar-refractivity contribution is 0.0425. The number of aromatic nitrogens is 3. The molecule has 1 aromatic carbocycles. The summed E-state index contributed by atoms with van der Waals surface area (Å²) in [6.07, 6.45) is 2.66. The summed E-state index contributed by atoms with van der Waals surface area (Å²) < 4.78 is 18.7. The predicted octanol–water partition coefficient (Wildman–Crippen LogP) is 5.20. The monoisotopic (exact) mass is 564 g/mol. The van der Waals surface area contributed by atoms with E-state index in [1.165, 1.54) is 12.4 Å². The second-order valence-electron chi connectivity index (χ2n) is 12.1. The Morgan fingerprint density at radius 1 is 1.00 bits per heavy atom. The van der Waals surface area contributed by atoms with E-state index < -0.39 is 34.8 Å². The number of carbonyl (C=O) groups is 3. The Morgan fingerprint density at radius 2 is 1.63 bits per heavy atom. The van der Waals surface area contributed by atoms with E-state index in [4.69, 9.17) is 14.2 Å². The summed E-state index contributed by atoms with van der Waals surface area (Å²) in [4.78, 5) is 60.6. The average Bonchev–Trinajstić information content (AvgIpc) is 3.68. The van der Waals surface area contributed by atoms with Gasteiger partial charge in [0.2, 0.25) is 11.4 Å². The van der Waals surface area contributed by atoms with Crippen LogP contribution in [0.5, 0.6) is 0 Å². The minimum absolute atomic E-state index is 0.0262. The molecular weight excluding hydrogens is 532 g/mol. The van der Waals surface area contributed by atoms with Crippen LogP contribution in [0.1, 0.15) is 82.0 Å². The number of aromatic carboxylic acids is 1. The number of nitrogens with zero attached hydrogens (tertiary/aromatic N) is 4. The van der Waals surface area contributed by atoms with E-state index in [9.17, 15) is 24.3 Å². The van der Waals surface area contributed by atoms with Crippen LogP contribution >= 0.6 is 0 Å². The van der Waals surface area contributed by atoms with Crippen molar-refractivity contribution < 1.29 is 33.7 Å². The molecule has 12 heteroatoms. The zero-order valence-electron chi connectivity index (χ0n) is 23.8. The summed E-state index contributed by atoms with van der Waals surface area (Å²) in [7, 11) is 0. The van der Waals surface area contributed by atoms with Crippen LogP contribution in [0.3, 0.4) is 0 Å². The van der Waals surface area contributed by atoms with E-state index in [1.807, 2.05) is 4.57 Å². The number of anilines is 1. The molecule has 1 fully saturated rings. The molecule has 41 heavy (non-hydrogen) atoms. The second-order valence-corrected chi connectivity index (χ2v) is 12.1. The fourth-order valence-electron chi connectivity index (χ4n) is 4.67. The topological polar surface area (TPSA) is 150 Å². The first-order chi connectivity index (χ1) is 19.1. The Balaban J connectivity index is 1.64. The molecule has 0 saturated heterocycles. The minimum Gasteiger partial charge on any atom is -0.477 e. The number of imide groups is 1. The maximum atomic E-state index is 13.1. The molecule has 2 amide bonds. The quantitative estimate of drug-likeness (QED) is 0.450. The van der Waals surface area contributed by atoms with Crippen LogP contribution in [0.25, 0.3) is 22.0 Å². The van der Waals surface area contributed by atoms with Gasteiger partial charge < -0.3 is 23.9 Å². The smallest absolute Gasteiger partial charge is 0.427 e. The number of hydrogen-bond acceptors (Lipinski definition) is 9. The fourth-order valence-corrected chi connectivity index (χ4v) is 4.67. The summed E-state index contributed by atoms with van der Waals surface area (Å²) in [6, 6.07) is 3.41. The van der Waals surface area contributed by atoms with Crippen LogP contribution in [0.2, 0.25) is 0 Å². The van der Waals surface area contributed by atoms with E-state index in [2.05, 4.69) is 9.97 Å². The molecule has 216 valence electrons. The summed E-state index contributed by atoms with van der Waals surface area (Å²) in [5, 5.41) is 9.91. The van der Waals surface area contributed by atoms with Crippen molar-refractivity contribution in [3.05, 3.63) is 51.6 Å². The number of fused-ring (bicyclic) bond motifs is 5. The molecule has 1 saturated carbocycles. The first-order valence-corrected chi connectivity index (χ1v) is 13.3. The van der Waals surface area contributed by atoms with E-state index in [0.717, 1.165) is 12.8 Å². The predicted molar refractivity (Wildman–Crippen MR) is 148 cm³/mol. The number of ether oxygens (including phenoxy) is 3. The molecule has 1 aliphatic heterocycles. The van der Waals surface area contributed by atoms with Crippen molar-refractivity contribution in [2.75, 3.05) is 4.90 Å². The number of benzene rings is 1. The van der Waals surface area contributed by atoms with Crippen molar-refractivity contribution in [3.63, 3.8) is 0 Å². The molecule has 0 unspecified atom stereocenters. The van der Waals surface area contributed by atoms with E-state index >= 15 is 0 Å². The number of amides is 2. The van der Waals surface area contributed by atoms with Gasteiger partial charge in [-0.05, 0) is 66.0 Å². The highest BCUT2D eigenvalue weighted by Gasteiger charge is 2.36. The molecule has 3 heterocycles. The van der Waals surface area contributed by atoms with Crippen LogP contribution in [0, 0.1) is 0 Å². The summed E-state index contributed by atoms with van der Waals surface area (Å²) >= 11 is 0. The van der Waals surface area contributed by atoms with Gasteiger partial charge in [-0.1, -0.05) is 6.07 Å². The Morgan fingerprint density at radius 3 is 2.20 bits per heavy atom. The average molecular weight is 565 g/mol. The lowest BCUT2D eigenvalue weighted by atomic mass is 9.96. The molecule has 1 N–H and O–H groups in total. The number of carboxylic acids is 1. The lowest BCUT2D eigenvalue weighted by Gasteiger charge is -2.27. The van der Waals surface area contributed by atoms with Crippen LogP contribution < -0.4 is 10.3 Å². The number of pyridine rings is 1. The highest BCUT2D eigenvalue weighted by Crippen LogP contribution is 2.41. The molecule has 1 aliphatic carbocycles. The molecule has 0 atom stereocenters. The fraction of sp³-hybridized carbons (Fsp3) is 0.448. The van der Waals surface area contributed by atoms with Gasteiger partial charge in [0.25, 0.3) is 0 Å². The summed E-state index contributed by atoms with van der Waals surface area (Å²) in [5.74, 6) is -1.51. The first kappa shape index (κ1) is 28.2. The van der Waals surface area contributed by atoms with Gasteiger partial charge in [-0.2, -0.15) is 0 Å². The van der Waals surface area contributed by atoms with Crippen molar-refractivity contribution in [1.82, 2.24) is 14.5 Å². The third-order valence-electron chi connectivity index (χ3n) is 6.45. The Labute approximate surface area is 235 Å². The van der Waals surface area contributed by atoms with Gasteiger partial charge in [-0.3, -0.25) is 4.79 Å². The SMILES string of the molecule is CC(C)(C)OC(=O)N(C(=O)OC(C)(C)C)c1ncc2c(n1)COCc1c-2ccc2c(=O)c(C(=O)O)cn(C3CC3)c12. The Kier molecular flexibility index (Phi) is 6.85. The molecule has 0 radical (unpaired) electrons. The van der Waals surface area contributed by atoms with Gasteiger partial charge in [-0.25, -0.2) is 24.4 Å². The highest BCUT2D eigenvalue weighted by molar-refractivity contribution is 6.08. The van der Waals surface area contributed by atoms with Crippen LogP contribution in [-0.4, -0.2) is 49.0 Å². The Hall–Kier alpha value is -4.32. The maximum Gasteiger partial charge on any atom is 0.427 e. The zero-order chi connectivity index (χ0) is 29.9. The molecule has 0 bridgehead atoms. The van der Waals surface area contributed by atoms with Gasteiger partial charge in [0.05, 0.1) is 24.4 Å². The summed E-state index contributed by atoms with van der Waals surface area (Å²) in [5.41, 5.74) is 0.380. The van der Waals surface area contributed by atoms with E-state index in [-0.39, 0.29) is 30.8 Å². The lowest BCUT2D eigenvalue weighted by Crippen LogP contribution is -2.44. The van der Waals surface area contributed by atoms with Crippen molar-refractivity contribution in [2.45, 2.75) is 84.8 Å². The van der Waals surface area contributed by atoms with Crippen LogP contribution in [0.15, 0.2) is 29.3 Å². The molecular formula is C29H32N4O8. The third kappa shape index (κ3) is 5.64. The first-order valence-electron chi connectivity index (χ1n) is 13.3. The molecule has 3 aromatic rings. The minimum atomic E-state index is -1.27. The van der Waals surface area contributed by atoms with Crippen molar-refractivity contribution in [3.8, 4) is 11.1 Å². The van der Waals surface area contributed by atoms with Crippen molar-refractivity contribution in [2.24, 2.45) is 0 Å². The van der Waals surface area contributed by atoms with Gasteiger partial charge in [0.1, 0.15) is 16.8 Å². The van der Waals surface area contributed by atoms with Gasteiger partial charge >= 0.3 is 18.2 Å². The maximum absolute atomic E-state index is 13.1.